The van der Waals surface area contributed by atoms with Crippen molar-refractivity contribution in [2.45, 2.75) is 5.54 Å². The molecule has 3 nitrogen and oxygen atoms in total. The molecule has 1 aromatic carbocycles. The van der Waals surface area contributed by atoms with Gasteiger partial charge in [-0.15, -0.1) is 11.3 Å². The summed E-state index contributed by atoms with van der Waals surface area (Å²) >= 11 is 1.75. The van der Waals surface area contributed by atoms with Gasteiger partial charge in [0.2, 0.25) is 0 Å². The molecule has 0 radical (unpaired) electrons. The zero-order valence-corrected chi connectivity index (χ0v) is 9.01. The fourth-order valence-electron chi connectivity index (χ4n) is 1.97. The topological polar surface area (TPSA) is 47.3 Å². The summed E-state index contributed by atoms with van der Waals surface area (Å²) in [4.78, 5) is 0. The SMILES string of the molecule is NNC1(c2csc3ccccc23)COC1. The summed E-state index contributed by atoms with van der Waals surface area (Å²) in [6.07, 6.45) is 0. The van der Waals surface area contributed by atoms with Crippen molar-refractivity contribution in [3.63, 3.8) is 0 Å². The molecular formula is C11H12N2OS. The van der Waals surface area contributed by atoms with Crippen molar-refractivity contribution in [1.29, 1.82) is 0 Å². The lowest BCUT2D eigenvalue weighted by Gasteiger charge is -2.40. The molecule has 0 amide bonds. The Labute approximate surface area is 91.8 Å². The molecule has 4 heteroatoms. The number of hydrogen-bond acceptors (Lipinski definition) is 4. The van der Waals surface area contributed by atoms with Crippen LogP contribution >= 0.6 is 11.3 Å². The Morgan fingerprint density at radius 3 is 2.80 bits per heavy atom. The van der Waals surface area contributed by atoms with Crippen LogP contribution in [-0.2, 0) is 10.3 Å². The van der Waals surface area contributed by atoms with E-state index in [1.807, 2.05) is 0 Å². The van der Waals surface area contributed by atoms with E-state index in [9.17, 15) is 0 Å². The third-order valence-electron chi connectivity index (χ3n) is 2.97. The van der Waals surface area contributed by atoms with Crippen molar-refractivity contribution in [1.82, 2.24) is 5.43 Å². The van der Waals surface area contributed by atoms with Crippen LogP contribution in [0.4, 0.5) is 0 Å². The van der Waals surface area contributed by atoms with E-state index in [-0.39, 0.29) is 5.54 Å². The molecule has 1 aliphatic heterocycles. The third kappa shape index (κ3) is 1.23. The molecule has 1 fully saturated rings. The minimum Gasteiger partial charge on any atom is -0.377 e. The van der Waals surface area contributed by atoms with E-state index in [1.165, 1.54) is 15.6 Å². The zero-order chi connectivity index (χ0) is 10.3. The second kappa shape index (κ2) is 3.28. The molecule has 0 saturated carbocycles. The highest BCUT2D eigenvalue weighted by Gasteiger charge is 2.40. The van der Waals surface area contributed by atoms with Crippen LogP contribution in [0.5, 0.6) is 0 Å². The van der Waals surface area contributed by atoms with Crippen LogP contribution in [0.15, 0.2) is 29.6 Å². The molecule has 3 rings (SSSR count). The number of nitrogens with one attached hydrogen (secondary N) is 1. The summed E-state index contributed by atoms with van der Waals surface area (Å²) in [5, 5.41) is 3.45. The van der Waals surface area contributed by atoms with Crippen molar-refractivity contribution in [2.75, 3.05) is 13.2 Å². The highest BCUT2D eigenvalue weighted by atomic mass is 32.1. The molecule has 0 aliphatic carbocycles. The number of ether oxygens (including phenoxy) is 1. The highest BCUT2D eigenvalue weighted by molar-refractivity contribution is 7.17. The number of fused-ring (bicyclic) bond motifs is 1. The van der Waals surface area contributed by atoms with E-state index in [0.29, 0.717) is 13.2 Å². The molecule has 78 valence electrons. The van der Waals surface area contributed by atoms with Crippen LogP contribution in [0, 0.1) is 0 Å². The molecule has 0 spiro atoms. The first-order chi connectivity index (χ1) is 7.36. The predicted molar refractivity (Wildman–Crippen MR) is 61.6 cm³/mol. The Hall–Kier alpha value is -0.940. The van der Waals surface area contributed by atoms with Crippen LogP contribution in [0.1, 0.15) is 5.56 Å². The van der Waals surface area contributed by atoms with Gasteiger partial charge >= 0.3 is 0 Å². The fourth-order valence-corrected chi connectivity index (χ4v) is 3.03. The molecule has 0 atom stereocenters. The van der Waals surface area contributed by atoms with Gasteiger partial charge in [0.1, 0.15) is 5.54 Å². The van der Waals surface area contributed by atoms with E-state index in [2.05, 4.69) is 35.1 Å². The number of thiophene rings is 1. The molecule has 1 aliphatic rings. The Bertz CT molecular complexity index is 485. The van der Waals surface area contributed by atoms with Crippen molar-refractivity contribution >= 4 is 21.4 Å². The Morgan fingerprint density at radius 1 is 1.33 bits per heavy atom. The summed E-state index contributed by atoms with van der Waals surface area (Å²) in [5.74, 6) is 5.63. The Morgan fingerprint density at radius 2 is 2.13 bits per heavy atom. The van der Waals surface area contributed by atoms with Gasteiger partial charge in [-0.3, -0.25) is 5.84 Å². The molecule has 3 N–H and O–H groups in total. The maximum absolute atomic E-state index is 5.63. The van der Waals surface area contributed by atoms with Gasteiger partial charge < -0.3 is 4.74 Å². The smallest absolute Gasteiger partial charge is 0.105 e. The first kappa shape index (κ1) is 9.30. The molecule has 2 heterocycles. The van der Waals surface area contributed by atoms with Crippen molar-refractivity contribution in [3.8, 4) is 0 Å². The van der Waals surface area contributed by atoms with E-state index in [4.69, 9.17) is 10.6 Å². The number of benzene rings is 1. The summed E-state index contributed by atoms with van der Waals surface area (Å²) in [7, 11) is 0. The van der Waals surface area contributed by atoms with Crippen LogP contribution in [0.3, 0.4) is 0 Å². The van der Waals surface area contributed by atoms with Gasteiger partial charge in [0.15, 0.2) is 0 Å². The predicted octanol–water partition coefficient (Wildman–Crippen LogP) is 1.59. The van der Waals surface area contributed by atoms with Gasteiger partial charge in [0.05, 0.1) is 13.2 Å². The van der Waals surface area contributed by atoms with Crippen molar-refractivity contribution in [3.05, 3.63) is 35.2 Å². The van der Waals surface area contributed by atoms with Crippen LogP contribution in [0.2, 0.25) is 0 Å². The molecule has 15 heavy (non-hydrogen) atoms. The number of hydrogen-bond donors (Lipinski definition) is 2. The summed E-state index contributed by atoms with van der Waals surface area (Å²) in [6, 6.07) is 8.39. The second-order valence-electron chi connectivity index (χ2n) is 3.86. The minimum absolute atomic E-state index is 0.167. The fraction of sp³-hybridized carbons (Fsp3) is 0.273. The van der Waals surface area contributed by atoms with Crippen LogP contribution < -0.4 is 11.3 Å². The minimum atomic E-state index is -0.167. The average Bonchev–Trinajstić information content (AvgIpc) is 2.62. The summed E-state index contributed by atoms with van der Waals surface area (Å²) < 4.78 is 6.56. The maximum atomic E-state index is 5.63. The van der Waals surface area contributed by atoms with Gasteiger partial charge in [0, 0.05) is 4.70 Å². The number of rotatable bonds is 2. The van der Waals surface area contributed by atoms with E-state index in [0.717, 1.165) is 0 Å². The number of hydrazine groups is 1. The monoisotopic (exact) mass is 220 g/mol. The van der Waals surface area contributed by atoms with Gasteiger partial charge in [-0.2, -0.15) is 0 Å². The number of nitrogens with two attached hydrogens (primary N) is 1. The lowest BCUT2D eigenvalue weighted by molar-refractivity contribution is -0.0777. The molecule has 0 bridgehead atoms. The van der Waals surface area contributed by atoms with Gasteiger partial charge in [-0.05, 0) is 22.4 Å². The molecule has 2 aromatic rings. The first-order valence-corrected chi connectivity index (χ1v) is 5.76. The first-order valence-electron chi connectivity index (χ1n) is 4.88. The maximum Gasteiger partial charge on any atom is 0.105 e. The lowest BCUT2D eigenvalue weighted by Crippen LogP contribution is -2.60. The van der Waals surface area contributed by atoms with Gasteiger partial charge in [-0.1, -0.05) is 18.2 Å². The average molecular weight is 220 g/mol. The normalized spacial score (nSPS) is 19.0. The standard InChI is InChI=1S/C11H12N2OS/c12-13-11(6-14-7-11)9-5-15-10-4-2-1-3-8(9)10/h1-5,13H,6-7,12H2. The molecule has 0 unspecified atom stereocenters. The largest absolute Gasteiger partial charge is 0.377 e. The third-order valence-corrected chi connectivity index (χ3v) is 3.93. The highest BCUT2D eigenvalue weighted by Crippen LogP contribution is 2.37. The molecular weight excluding hydrogens is 208 g/mol. The van der Waals surface area contributed by atoms with E-state index in [1.54, 1.807) is 11.3 Å². The van der Waals surface area contributed by atoms with Gasteiger partial charge in [-0.25, -0.2) is 5.43 Å². The van der Waals surface area contributed by atoms with E-state index < -0.39 is 0 Å². The van der Waals surface area contributed by atoms with Crippen LogP contribution in [0.25, 0.3) is 10.1 Å². The zero-order valence-electron chi connectivity index (χ0n) is 8.19. The lowest BCUT2D eigenvalue weighted by atomic mass is 9.88. The summed E-state index contributed by atoms with van der Waals surface area (Å²) in [5.41, 5.74) is 3.99. The summed E-state index contributed by atoms with van der Waals surface area (Å²) in [6.45, 7) is 1.31. The second-order valence-corrected chi connectivity index (χ2v) is 4.78. The molecule has 1 aromatic heterocycles. The van der Waals surface area contributed by atoms with Crippen LogP contribution in [-0.4, -0.2) is 13.2 Å². The quantitative estimate of drug-likeness (QED) is 0.597. The van der Waals surface area contributed by atoms with Gasteiger partial charge in [0.25, 0.3) is 0 Å². The molecule has 1 saturated heterocycles. The Kier molecular flexibility index (Phi) is 2.03. The Balaban J connectivity index is 2.18. The van der Waals surface area contributed by atoms with Crippen molar-refractivity contribution in [2.24, 2.45) is 5.84 Å². The van der Waals surface area contributed by atoms with E-state index >= 15 is 0 Å². The van der Waals surface area contributed by atoms with Crippen molar-refractivity contribution < 1.29 is 4.74 Å².